The van der Waals surface area contributed by atoms with Gasteiger partial charge in [-0.1, -0.05) is 0 Å². The summed E-state index contributed by atoms with van der Waals surface area (Å²) >= 11 is 0. The predicted octanol–water partition coefficient (Wildman–Crippen LogP) is 1.72. The molecule has 2 aromatic rings. The summed E-state index contributed by atoms with van der Waals surface area (Å²) in [4.78, 5) is 13.9. The van der Waals surface area contributed by atoms with Crippen LogP contribution in [0.3, 0.4) is 0 Å². The van der Waals surface area contributed by atoms with E-state index in [1.165, 1.54) is 23.5 Å². The van der Waals surface area contributed by atoms with Crippen LogP contribution in [0.4, 0.5) is 5.69 Å². The summed E-state index contributed by atoms with van der Waals surface area (Å²) in [6.45, 7) is 3.65. The van der Waals surface area contributed by atoms with Crippen LogP contribution in [0.5, 0.6) is 11.5 Å². The number of hydrogen-bond acceptors (Lipinski definition) is 6. The molecule has 0 radical (unpaired) electrons. The number of benzene rings is 2. The molecule has 1 aliphatic rings. The lowest BCUT2D eigenvalue weighted by molar-refractivity contribution is -0.126. The van der Waals surface area contributed by atoms with Crippen molar-refractivity contribution in [2.24, 2.45) is 0 Å². The zero-order chi connectivity index (χ0) is 21.7. The minimum Gasteiger partial charge on any atom is -0.497 e. The zero-order valence-corrected chi connectivity index (χ0v) is 18.2. The summed E-state index contributed by atoms with van der Waals surface area (Å²) < 4.78 is 38.2. The molecule has 1 aliphatic heterocycles. The molecule has 1 atom stereocenters. The number of rotatable bonds is 7. The van der Waals surface area contributed by atoms with Gasteiger partial charge in [-0.3, -0.25) is 4.79 Å². The fraction of sp³-hybridized carbons (Fsp3) is 0.381. The first-order chi connectivity index (χ1) is 14.3. The molecule has 1 saturated heterocycles. The van der Waals surface area contributed by atoms with Crippen LogP contribution in [0.1, 0.15) is 6.92 Å². The van der Waals surface area contributed by atoms with Crippen LogP contribution in [0.2, 0.25) is 0 Å². The number of carbonyl (C=O) groups excluding carboxylic acids is 1. The zero-order valence-electron chi connectivity index (χ0n) is 17.4. The lowest BCUT2D eigenvalue weighted by Crippen LogP contribution is -2.48. The van der Waals surface area contributed by atoms with Crippen LogP contribution in [-0.2, 0) is 14.8 Å². The molecule has 1 N–H and O–H groups in total. The van der Waals surface area contributed by atoms with Gasteiger partial charge in [-0.05, 0) is 55.5 Å². The number of ether oxygens (including phenoxy) is 2. The lowest BCUT2D eigenvalue weighted by atomic mass is 10.2. The second-order valence-corrected chi connectivity index (χ2v) is 8.87. The van der Waals surface area contributed by atoms with Crippen molar-refractivity contribution in [1.29, 1.82) is 0 Å². The minimum atomic E-state index is -3.59. The molecule has 0 saturated carbocycles. The molecule has 9 heteroatoms. The first kappa shape index (κ1) is 21.9. The largest absolute Gasteiger partial charge is 0.497 e. The highest BCUT2D eigenvalue weighted by Crippen LogP contribution is 2.24. The maximum atomic E-state index is 13.0. The van der Waals surface area contributed by atoms with E-state index < -0.39 is 16.1 Å². The van der Waals surface area contributed by atoms with Crippen LogP contribution >= 0.6 is 0 Å². The number of piperazine rings is 1. The second-order valence-electron chi connectivity index (χ2n) is 6.93. The van der Waals surface area contributed by atoms with Crippen LogP contribution in [0, 0.1) is 0 Å². The number of amides is 1. The predicted molar refractivity (Wildman–Crippen MR) is 115 cm³/mol. The minimum absolute atomic E-state index is 0.209. The lowest BCUT2D eigenvalue weighted by Gasteiger charge is -2.35. The number of methoxy groups -OCH3 is 1. The molecule has 0 aliphatic carbocycles. The summed E-state index contributed by atoms with van der Waals surface area (Å²) in [6, 6.07) is 13.9. The number of anilines is 1. The van der Waals surface area contributed by atoms with E-state index in [-0.39, 0.29) is 10.8 Å². The molecular weight excluding hydrogens is 406 g/mol. The van der Waals surface area contributed by atoms with Crippen molar-refractivity contribution >= 4 is 21.6 Å². The number of sulfonamides is 1. The van der Waals surface area contributed by atoms with E-state index in [0.717, 1.165) is 11.4 Å². The first-order valence-corrected chi connectivity index (χ1v) is 11.2. The Hall–Kier alpha value is -2.78. The third-order valence-corrected chi connectivity index (χ3v) is 6.98. The van der Waals surface area contributed by atoms with Crippen LogP contribution in [0.25, 0.3) is 0 Å². The Morgan fingerprint density at radius 1 is 0.967 bits per heavy atom. The molecule has 0 aromatic heterocycles. The molecule has 3 rings (SSSR count). The molecule has 0 unspecified atom stereocenters. The Bertz CT molecular complexity index is 953. The number of hydrogen-bond donors (Lipinski definition) is 1. The molecule has 0 bridgehead atoms. The van der Waals surface area contributed by atoms with Gasteiger partial charge < -0.3 is 19.7 Å². The topological polar surface area (TPSA) is 88.2 Å². The molecule has 0 spiro atoms. The Balaban J connectivity index is 1.62. The van der Waals surface area contributed by atoms with Crippen molar-refractivity contribution in [3.8, 4) is 11.5 Å². The van der Waals surface area contributed by atoms with Gasteiger partial charge in [0, 0.05) is 38.9 Å². The van der Waals surface area contributed by atoms with E-state index in [2.05, 4.69) is 10.2 Å². The highest BCUT2D eigenvalue weighted by atomic mass is 32.2. The van der Waals surface area contributed by atoms with Gasteiger partial charge >= 0.3 is 0 Å². The number of carbonyl (C=O) groups is 1. The number of nitrogens with one attached hydrogen (secondary N) is 1. The Labute approximate surface area is 177 Å². The molecular formula is C21H27N3O5S. The van der Waals surface area contributed by atoms with Gasteiger partial charge in [-0.25, -0.2) is 8.42 Å². The third kappa shape index (κ3) is 4.85. The van der Waals surface area contributed by atoms with E-state index in [9.17, 15) is 13.2 Å². The van der Waals surface area contributed by atoms with Gasteiger partial charge in [0.2, 0.25) is 10.0 Å². The summed E-state index contributed by atoms with van der Waals surface area (Å²) in [5, 5.41) is 2.51. The highest BCUT2D eigenvalue weighted by Gasteiger charge is 2.28. The SMILES string of the molecule is CNC(=O)[C@@H](C)Oc1ccc(S(=O)(=O)N2CCN(c3ccc(OC)cc3)CC2)cc1. The third-order valence-electron chi connectivity index (χ3n) is 5.07. The molecule has 1 amide bonds. The van der Waals surface area contributed by atoms with E-state index in [1.807, 2.05) is 24.3 Å². The van der Waals surface area contributed by atoms with Crippen molar-refractivity contribution in [1.82, 2.24) is 9.62 Å². The molecule has 1 fully saturated rings. The van der Waals surface area contributed by atoms with E-state index in [1.54, 1.807) is 26.2 Å². The van der Waals surface area contributed by atoms with Gasteiger partial charge in [0.05, 0.1) is 12.0 Å². The molecule has 162 valence electrons. The van der Waals surface area contributed by atoms with Crippen molar-refractivity contribution in [2.45, 2.75) is 17.9 Å². The highest BCUT2D eigenvalue weighted by molar-refractivity contribution is 7.89. The molecule has 30 heavy (non-hydrogen) atoms. The van der Waals surface area contributed by atoms with Gasteiger partial charge in [-0.2, -0.15) is 4.31 Å². The van der Waals surface area contributed by atoms with E-state index >= 15 is 0 Å². The number of likely N-dealkylation sites (N-methyl/N-ethyl adjacent to an activating group) is 1. The van der Waals surface area contributed by atoms with E-state index in [0.29, 0.717) is 31.9 Å². The van der Waals surface area contributed by atoms with Gasteiger partial charge in [0.15, 0.2) is 6.10 Å². The summed E-state index contributed by atoms with van der Waals surface area (Å²) in [6.07, 6.45) is -0.663. The first-order valence-electron chi connectivity index (χ1n) is 9.72. The van der Waals surface area contributed by atoms with Gasteiger partial charge in [0.1, 0.15) is 11.5 Å². The standard InChI is InChI=1S/C21H27N3O5S/c1-16(21(25)22-2)29-19-8-10-20(11-9-19)30(26,27)24-14-12-23(13-15-24)17-4-6-18(28-3)7-5-17/h4-11,16H,12-15H2,1-3H3,(H,22,25)/t16-/m1/s1. The fourth-order valence-electron chi connectivity index (χ4n) is 3.28. The Morgan fingerprint density at radius 2 is 1.53 bits per heavy atom. The normalized spacial score (nSPS) is 16.0. The Kier molecular flexibility index (Phi) is 6.84. The number of nitrogens with zero attached hydrogens (tertiary/aromatic N) is 2. The molecule has 8 nitrogen and oxygen atoms in total. The van der Waals surface area contributed by atoms with Crippen LogP contribution in [-0.4, -0.2) is 65.1 Å². The quantitative estimate of drug-likeness (QED) is 0.715. The van der Waals surface area contributed by atoms with Crippen molar-refractivity contribution < 1.29 is 22.7 Å². The van der Waals surface area contributed by atoms with Crippen LogP contribution in [0.15, 0.2) is 53.4 Å². The van der Waals surface area contributed by atoms with Crippen molar-refractivity contribution in [3.05, 3.63) is 48.5 Å². The maximum absolute atomic E-state index is 13.0. The molecule has 1 heterocycles. The monoisotopic (exact) mass is 433 g/mol. The molecule has 2 aromatic carbocycles. The summed E-state index contributed by atoms with van der Waals surface area (Å²) in [7, 11) is -0.434. The average molecular weight is 434 g/mol. The van der Waals surface area contributed by atoms with Crippen LogP contribution < -0.4 is 19.7 Å². The van der Waals surface area contributed by atoms with Gasteiger partial charge in [0.25, 0.3) is 5.91 Å². The average Bonchev–Trinajstić information content (AvgIpc) is 2.79. The maximum Gasteiger partial charge on any atom is 0.260 e. The summed E-state index contributed by atoms with van der Waals surface area (Å²) in [5.41, 5.74) is 1.04. The second kappa shape index (κ2) is 9.36. The smallest absolute Gasteiger partial charge is 0.260 e. The fourth-order valence-corrected chi connectivity index (χ4v) is 4.70. The van der Waals surface area contributed by atoms with Crippen molar-refractivity contribution in [3.63, 3.8) is 0 Å². The van der Waals surface area contributed by atoms with Gasteiger partial charge in [-0.15, -0.1) is 0 Å². The summed E-state index contributed by atoms with van der Waals surface area (Å²) in [5.74, 6) is 0.980. The van der Waals surface area contributed by atoms with Crippen molar-refractivity contribution in [2.75, 3.05) is 45.2 Å². The Morgan fingerprint density at radius 3 is 2.07 bits per heavy atom. The van der Waals surface area contributed by atoms with E-state index in [4.69, 9.17) is 9.47 Å².